The lowest BCUT2D eigenvalue weighted by Crippen LogP contribution is -2.39. The first kappa shape index (κ1) is 16.4. The van der Waals surface area contributed by atoms with Crippen LogP contribution in [0.1, 0.15) is 30.1 Å². The van der Waals surface area contributed by atoms with Gasteiger partial charge in [0.1, 0.15) is 4.99 Å². The average Bonchev–Trinajstić information content (AvgIpc) is 2.85. The lowest BCUT2D eigenvalue weighted by Gasteiger charge is -2.29. The summed E-state index contributed by atoms with van der Waals surface area (Å²) in [5, 5.41) is 10.4. The maximum absolute atomic E-state index is 10.4. The van der Waals surface area contributed by atoms with Crippen molar-refractivity contribution < 1.29 is 5.11 Å². The summed E-state index contributed by atoms with van der Waals surface area (Å²) >= 11 is 4.94. The van der Waals surface area contributed by atoms with E-state index in [1.165, 1.54) is 12.8 Å². The number of nitrogens with two attached hydrogens (primary N) is 1. The van der Waals surface area contributed by atoms with Crippen LogP contribution in [0.25, 0.3) is 0 Å². The summed E-state index contributed by atoms with van der Waals surface area (Å²) in [6, 6.07) is 8.13. The molecule has 4 nitrogen and oxygen atoms in total. The smallest absolute Gasteiger partial charge is 0.103 e. The largest absolute Gasteiger partial charge is 0.389 e. The van der Waals surface area contributed by atoms with E-state index in [2.05, 4.69) is 23.9 Å². The van der Waals surface area contributed by atoms with Gasteiger partial charge < -0.3 is 15.7 Å². The van der Waals surface area contributed by atoms with E-state index in [1.54, 1.807) is 0 Å². The van der Waals surface area contributed by atoms with E-state index >= 15 is 0 Å². The number of likely N-dealkylation sites (N-methyl/N-ethyl adjacent to an activating group) is 1. The highest BCUT2D eigenvalue weighted by Crippen LogP contribution is 2.22. The van der Waals surface area contributed by atoms with E-state index in [0.29, 0.717) is 17.6 Å². The first-order valence-electron chi connectivity index (χ1n) is 7.44. The molecule has 2 rings (SSSR count). The summed E-state index contributed by atoms with van der Waals surface area (Å²) in [5.74, 6) is 0. The second kappa shape index (κ2) is 7.31. The standard InChI is InChI=1S/C16H25N3OS/c1-18(2)10-14-4-3-9-19(14)11-15(20)12-5-7-13(8-6-12)16(17)21/h5-8,14-15,20H,3-4,9-11H2,1-2H3,(H2,17,21). The molecule has 0 spiro atoms. The molecule has 1 saturated heterocycles. The van der Waals surface area contributed by atoms with Gasteiger partial charge in [-0.05, 0) is 39.0 Å². The zero-order valence-electron chi connectivity index (χ0n) is 12.8. The summed E-state index contributed by atoms with van der Waals surface area (Å²) in [4.78, 5) is 5.00. The van der Waals surface area contributed by atoms with Crippen molar-refractivity contribution in [1.82, 2.24) is 9.80 Å². The maximum atomic E-state index is 10.4. The van der Waals surface area contributed by atoms with E-state index in [4.69, 9.17) is 18.0 Å². The van der Waals surface area contributed by atoms with Crippen LogP contribution in [-0.4, -0.2) is 59.7 Å². The van der Waals surface area contributed by atoms with Crippen molar-refractivity contribution in [2.24, 2.45) is 5.73 Å². The molecule has 1 heterocycles. The van der Waals surface area contributed by atoms with Gasteiger partial charge in [-0.25, -0.2) is 0 Å². The highest BCUT2D eigenvalue weighted by molar-refractivity contribution is 7.80. The molecule has 1 aromatic carbocycles. The Morgan fingerprint density at radius 1 is 1.43 bits per heavy atom. The molecule has 0 aromatic heterocycles. The van der Waals surface area contributed by atoms with Crippen LogP contribution in [0.4, 0.5) is 0 Å². The molecule has 1 aromatic rings. The SMILES string of the molecule is CN(C)CC1CCCN1CC(O)c1ccc(C(N)=S)cc1. The van der Waals surface area contributed by atoms with Gasteiger partial charge in [-0.3, -0.25) is 4.90 Å². The summed E-state index contributed by atoms with van der Waals surface area (Å²) in [5.41, 5.74) is 7.35. The number of aliphatic hydroxyl groups excluding tert-OH is 1. The fourth-order valence-corrected chi connectivity index (χ4v) is 3.10. The van der Waals surface area contributed by atoms with Gasteiger partial charge in [0.2, 0.25) is 0 Å². The second-order valence-electron chi connectivity index (χ2n) is 6.06. The summed E-state index contributed by atoms with van der Waals surface area (Å²) in [6.45, 7) is 2.80. The van der Waals surface area contributed by atoms with Crippen molar-refractivity contribution in [2.75, 3.05) is 33.7 Å². The second-order valence-corrected chi connectivity index (χ2v) is 6.50. The number of hydrogen-bond acceptors (Lipinski definition) is 4. The predicted molar refractivity (Wildman–Crippen MR) is 90.4 cm³/mol. The van der Waals surface area contributed by atoms with Crippen LogP contribution in [0.3, 0.4) is 0 Å². The maximum Gasteiger partial charge on any atom is 0.103 e. The zero-order chi connectivity index (χ0) is 15.4. The number of thiocarbonyl (C=S) groups is 1. The fraction of sp³-hybridized carbons (Fsp3) is 0.562. The Kier molecular flexibility index (Phi) is 5.70. The predicted octanol–water partition coefficient (Wildman–Crippen LogP) is 1.38. The van der Waals surface area contributed by atoms with Gasteiger partial charge in [-0.2, -0.15) is 0 Å². The highest BCUT2D eigenvalue weighted by Gasteiger charge is 2.26. The molecule has 3 N–H and O–H groups in total. The first-order chi connectivity index (χ1) is 9.97. The minimum Gasteiger partial charge on any atom is -0.389 e. The van der Waals surface area contributed by atoms with Crippen LogP contribution in [-0.2, 0) is 0 Å². The van der Waals surface area contributed by atoms with Crippen molar-refractivity contribution in [3.8, 4) is 0 Å². The van der Waals surface area contributed by atoms with Crippen molar-refractivity contribution in [1.29, 1.82) is 0 Å². The lowest BCUT2D eigenvalue weighted by molar-refractivity contribution is 0.0980. The molecule has 0 bridgehead atoms. The minimum absolute atomic E-state index is 0.390. The molecule has 21 heavy (non-hydrogen) atoms. The number of benzene rings is 1. The Balaban J connectivity index is 1.96. The van der Waals surface area contributed by atoms with Gasteiger partial charge in [0, 0.05) is 24.7 Å². The van der Waals surface area contributed by atoms with Crippen molar-refractivity contribution in [2.45, 2.75) is 25.0 Å². The Morgan fingerprint density at radius 2 is 2.10 bits per heavy atom. The Bertz CT molecular complexity index is 475. The third-order valence-corrected chi connectivity index (χ3v) is 4.30. The number of nitrogens with zero attached hydrogens (tertiary/aromatic N) is 2. The summed E-state index contributed by atoms with van der Waals surface area (Å²) in [6.07, 6.45) is 1.96. The van der Waals surface area contributed by atoms with Crippen LogP contribution in [0, 0.1) is 0 Å². The normalized spacial score (nSPS) is 20.9. The van der Waals surface area contributed by atoms with Gasteiger partial charge in [0.05, 0.1) is 6.10 Å². The van der Waals surface area contributed by atoms with Gasteiger partial charge >= 0.3 is 0 Å². The fourth-order valence-electron chi connectivity index (χ4n) is 2.96. The molecule has 0 aliphatic carbocycles. The Labute approximate surface area is 132 Å². The molecule has 116 valence electrons. The van der Waals surface area contributed by atoms with Crippen LogP contribution < -0.4 is 5.73 Å². The Morgan fingerprint density at radius 3 is 2.67 bits per heavy atom. The zero-order valence-corrected chi connectivity index (χ0v) is 13.6. The van der Waals surface area contributed by atoms with Crippen molar-refractivity contribution in [3.63, 3.8) is 0 Å². The molecule has 5 heteroatoms. The molecule has 0 saturated carbocycles. The number of aliphatic hydroxyl groups is 1. The van der Waals surface area contributed by atoms with Crippen LogP contribution in [0.2, 0.25) is 0 Å². The average molecular weight is 307 g/mol. The Hall–Kier alpha value is -1.01. The topological polar surface area (TPSA) is 52.7 Å². The van der Waals surface area contributed by atoms with Crippen LogP contribution in [0.5, 0.6) is 0 Å². The quantitative estimate of drug-likeness (QED) is 0.778. The van der Waals surface area contributed by atoms with E-state index in [0.717, 1.165) is 24.2 Å². The van der Waals surface area contributed by atoms with Crippen LogP contribution >= 0.6 is 12.2 Å². The van der Waals surface area contributed by atoms with Crippen LogP contribution in [0.15, 0.2) is 24.3 Å². The van der Waals surface area contributed by atoms with E-state index in [-0.39, 0.29) is 0 Å². The molecule has 2 atom stereocenters. The number of rotatable bonds is 6. The molecular formula is C16H25N3OS. The molecule has 1 aliphatic rings. The highest BCUT2D eigenvalue weighted by atomic mass is 32.1. The number of β-amino-alcohol motifs (C(OH)–C–C–N with tert-alkyl or cyclic N) is 1. The first-order valence-corrected chi connectivity index (χ1v) is 7.85. The van der Waals surface area contributed by atoms with Gasteiger partial charge in [0.15, 0.2) is 0 Å². The van der Waals surface area contributed by atoms with E-state index < -0.39 is 6.10 Å². The monoisotopic (exact) mass is 307 g/mol. The number of hydrogen-bond donors (Lipinski definition) is 2. The minimum atomic E-state index is -0.465. The summed E-state index contributed by atoms with van der Waals surface area (Å²) < 4.78 is 0. The third kappa shape index (κ3) is 4.48. The molecule has 0 radical (unpaired) electrons. The third-order valence-electron chi connectivity index (χ3n) is 4.06. The van der Waals surface area contributed by atoms with Crippen molar-refractivity contribution >= 4 is 17.2 Å². The lowest BCUT2D eigenvalue weighted by atomic mass is 10.1. The molecule has 0 amide bonds. The summed E-state index contributed by atoms with van der Waals surface area (Å²) in [7, 11) is 4.20. The van der Waals surface area contributed by atoms with Gasteiger partial charge in [-0.15, -0.1) is 0 Å². The molecular weight excluding hydrogens is 282 g/mol. The van der Waals surface area contributed by atoms with Gasteiger partial charge in [-0.1, -0.05) is 36.5 Å². The number of likely N-dealkylation sites (tertiary alicyclic amines) is 1. The van der Waals surface area contributed by atoms with E-state index in [1.807, 2.05) is 24.3 Å². The molecule has 2 unspecified atom stereocenters. The van der Waals surface area contributed by atoms with Gasteiger partial charge in [0.25, 0.3) is 0 Å². The van der Waals surface area contributed by atoms with Crippen molar-refractivity contribution in [3.05, 3.63) is 35.4 Å². The molecule has 1 aliphatic heterocycles. The van der Waals surface area contributed by atoms with E-state index in [9.17, 15) is 5.11 Å². The molecule has 1 fully saturated rings.